The molecule has 0 aromatic carbocycles. The van der Waals surface area contributed by atoms with Crippen LogP contribution in [0.3, 0.4) is 0 Å². The molecule has 0 heterocycles. The third kappa shape index (κ3) is 7.14. The van der Waals surface area contributed by atoms with Crippen molar-refractivity contribution in [2.75, 3.05) is 19.6 Å². The fourth-order valence-corrected chi connectivity index (χ4v) is 1.55. The zero-order valence-electron chi connectivity index (χ0n) is 11.8. The molecule has 1 fully saturated rings. The van der Waals surface area contributed by atoms with Crippen LogP contribution >= 0.6 is 0 Å². The zero-order valence-corrected chi connectivity index (χ0v) is 11.8. The van der Waals surface area contributed by atoms with Crippen LogP contribution in [0.2, 0.25) is 0 Å². The summed E-state index contributed by atoms with van der Waals surface area (Å²) in [6.45, 7) is 8.33. The average Bonchev–Trinajstić information content (AvgIpc) is 3.08. The second-order valence-electron chi connectivity index (χ2n) is 5.06. The van der Waals surface area contributed by atoms with Crippen LogP contribution in [0.5, 0.6) is 0 Å². The molecule has 0 saturated heterocycles. The molecule has 1 aliphatic rings. The van der Waals surface area contributed by atoms with E-state index in [0.29, 0.717) is 13.0 Å². The number of carbonyl (C=O) groups is 1. The van der Waals surface area contributed by atoms with Crippen molar-refractivity contribution in [3.63, 3.8) is 0 Å². The minimum atomic E-state index is 0.0792. The molecule has 1 amide bonds. The first-order valence-electron chi connectivity index (χ1n) is 6.93. The molecule has 0 bridgehead atoms. The fraction of sp³-hybridized carbons (Fsp3) is 0.846. The highest BCUT2D eigenvalue weighted by Gasteiger charge is 2.20. The lowest BCUT2D eigenvalue weighted by atomic mass is 10.3. The first-order valence-corrected chi connectivity index (χ1v) is 6.93. The lowest BCUT2D eigenvalue weighted by Gasteiger charge is -2.12. The summed E-state index contributed by atoms with van der Waals surface area (Å²) in [6.07, 6.45) is 3.09. The first kappa shape index (κ1) is 14.8. The number of aliphatic imine (C=N–C) groups is 1. The maximum atomic E-state index is 11.5. The summed E-state index contributed by atoms with van der Waals surface area (Å²) in [7, 11) is 0. The van der Waals surface area contributed by atoms with Gasteiger partial charge in [-0.2, -0.15) is 0 Å². The highest BCUT2D eigenvalue weighted by atomic mass is 16.1. The molecule has 0 atom stereocenters. The van der Waals surface area contributed by atoms with Gasteiger partial charge in [-0.1, -0.05) is 0 Å². The highest BCUT2D eigenvalue weighted by molar-refractivity contribution is 5.81. The quantitative estimate of drug-likeness (QED) is 0.466. The van der Waals surface area contributed by atoms with Gasteiger partial charge in [0.15, 0.2) is 5.96 Å². The lowest BCUT2D eigenvalue weighted by molar-refractivity contribution is -0.121. The second-order valence-corrected chi connectivity index (χ2v) is 5.06. The number of hydrogen-bond acceptors (Lipinski definition) is 2. The third-order valence-electron chi connectivity index (χ3n) is 2.64. The average molecular weight is 254 g/mol. The summed E-state index contributed by atoms with van der Waals surface area (Å²) in [5.74, 6) is 1.68. The van der Waals surface area contributed by atoms with Crippen molar-refractivity contribution in [1.82, 2.24) is 16.0 Å². The van der Waals surface area contributed by atoms with Crippen LogP contribution in [0.4, 0.5) is 0 Å². The molecule has 5 heteroatoms. The molecule has 1 rings (SSSR count). The molecule has 18 heavy (non-hydrogen) atoms. The van der Waals surface area contributed by atoms with E-state index in [1.165, 1.54) is 12.8 Å². The van der Waals surface area contributed by atoms with Crippen molar-refractivity contribution >= 4 is 11.9 Å². The van der Waals surface area contributed by atoms with Crippen molar-refractivity contribution in [3.05, 3.63) is 0 Å². The summed E-state index contributed by atoms with van der Waals surface area (Å²) >= 11 is 0. The smallest absolute Gasteiger partial charge is 0.221 e. The van der Waals surface area contributed by atoms with E-state index < -0.39 is 0 Å². The van der Waals surface area contributed by atoms with Crippen LogP contribution in [0.25, 0.3) is 0 Å². The van der Waals surface area contributed by atoms with Gasteiger partial charge in [0, 0.05) is 32.1 Å². The molecule has 0 aromatic heterocycles. The van der Waals surface area contributed by atoms with E-state index in [9.17, 15) is 4.79 Å². The van der Waals surface area contributed by atoms with Gasteiger partial charge in [0.25, 0.3) is 0 Å². The minimum absolute atomic E-state index is 0.0792. The van der Waals surface area contributed by atoms with Crippen molar-refractivity contribution in [2.45, 2.75) is 46.1 Å². The molecule has 0 aliphatic heterocycles. The Kier molecular flexibility index (Phi) is 6.54. The predicted octanol–water partition coefficient (Wildman–Crippen LogP) is 0.866. The van der Waals surface area contributed by atoms with Crippen LogP contribution in [-0.4, -0.2) is 37.5 Å². The number of nitrogens with one attached hydrogen (secondary N) is 3. The van der Waals surface area contributed by atoms with Gasteiger partial charge in [0.05, 0.1) is 0 Å². The van der Waals surface area contributed by atoms with Gasteiger partial charge in [-0.05, 0) is 39.5 Å². The monoisotopic (exact) mass is 254 g/mol. The lowest BCUT2D eigenvalue weighted by Crippen LogP contribution is -2.40. The van der Waals surface area contributed by atoms with Crippen LogP contribution < -0.4 is 16.0 Å². The van der Waals surface area contributed by atoms with Crippen molar-refractivity contribution in [2.24, 2.45) is 10.9 Å². The largest absolute Gasteiger partial charge is 0.357 e. The van der Waals surface area contributed by atoms with Crippen molar-refractivity contribution in [1.29, 1.82) is 0 Å². The molecule has 0 spiro atoms. The van der Waals surface area contributed by atoms with Gasteiger partial charge >= 0.3 is 0 Å². The minimum Gasteiger partial charge on any atom is -0.357 e. The third-order valence-corrected chi connectivity index (χ3v) is 2.64. The standard InChI is InChI=1S/C13H26N4O/c1-4-14-13(16-9-11-5-6-11)15-8-7-12(18)17-10(2)3/h10-11H,4-9H2,1-3H3,(H,17,18)(H2,14,15,16). The first-order chi connectivity index (χ1) is 8.61. The summed E-state index contributed by atoms with van der Waals surface area (Å²) in [4.78, 5) is 16.0. The van der Waals surface area contributed by atoms with Gasteiger partial charge in [0.2, 0.25) is 5.91 Å². The Bertz CT molecular complexity index is 285. The summed E-state index contributed by atoms with van der Waals surface area (Å²) < 4.78 is 0. The van der Waals surface area contributed by atoms with E-state index in [1.807, 2.05) is 20.8 Å². The van der Waals surface area contributed by atoms with E-state index >= 15 is 0 Å². The molecule has 104 valence electrons. The van der Waals surface area contributed by atoms with Crippen LogP contribution in [0, 0.1) is 5.92 Å². The molecule has 3 N–H and O–H groups in total. The molecule has 1 aliphatic carbocycles. The van der Waals surface area contributed by atoms with Crippen molar-refractivity contribution in [3.8, 4) is 0 Å². The number of rotatable bonds is 7. The van der Waals surface area contributed by atoms with E-state index in [-0.39, 0.29) is 11.9 Å². The number of carbonyl (C=O) groups excluding carboxylic acids is 1. The van der Waals surface area contributed by atoms with E-state index in [2.05, 4.69) is 20.9 Å². The number of nitrogens with zero attached hydrogens (tertiary/aromatic N) is 1. The van der Waals surface area contributed by atoms with Crippen LogP contribution in [-0.2, 0) is 4.79 Å². The molecular weight excluding hydrogens is 228 g/mol. The van der Waals surface area contributed by atoms with Crippen molar-refractivity contribution < 1.29 is 4.79 Å². The Morgan fingerprint density at radius 1 is 1.33 bits per heavy atom. The normalized spacial score (nSPS) is 15.7. The van der Waals surface area contributed by atoms with E-state index in [1.54, 1.807) is 0 Å². The molecule has 5 nitrogen and oxygen atoms in total. The summed E-state index contributed by atoms with van der Waals surface area (Å²) in [5, 5.41) is 9.24. The molecule has 0 unspecified atom stereocenters. The number of hydrogen-bond donors (Lipinski definition) is 3. The zero-order chi connectivity index (χ0) is 13.4. The number of amides is 1. The Hall–Kier alpha value is -1.26. The van der Waals surface area contributed by atoms with Gasteiger partial charge in [0.1, 0.15) is 0 Å². The van der Waals surface area contributed by atoms with Crippen LogP contribution in [0.15, 0.2) is 4.99 Å². The molecule has 0 aromatic rings. The van der Waals surface area contributed by atoms with Gasteiger partial charge in [-0.25, -0.2) is 0 Å². The molecule has 1 saturated carbocycles. The topological polar surface area (TPSA) is 65.5 Å². The predicted molar refractivity (Wildman–Crippen MR) is 74.6 cm³/mol. The van der Waals surface area contributed by atoms with Gasteiger partial charge in [-0.3, -0.25) is 9.79 Å². The Morgan fingerprint density at radius 2 is 2.06 bits per heavy atom. The fourth-order valence-electron chi connectivity index (χ4n) is 1.55. The molecule has 0 radical (unpaired) electrons. The number of guanidine groups is 1. The SMILES string of the molecule is CCNC(=NCC1CC1)NCCC(=O)NC(C)C. The second kappa shape index (κ2) is 7.95. The van der Waals surface area contributed by atoms with Gasteiger partial charge in [-0.15, -0.1) is 0 Å². The van der Waals surface area contributed by atoms with E-state index in [4.69, 9.17) is 0 Å². The highest BCUT2D eigenvalue weighted by Crippen LogP contribution is 2.28. The Labute approximate surface area is 110 Å². The maximum Gasteiger partial charge on any atom is 0.221 e. The van der Waals surface area contributed by atoms with Gasteiger partial charge < -0.3 is 16.0 Å². The summed E-state index contributed by atoms with van der Waals surface area (Å²) in [6, 6.07) is 0.203. The molecular formula is C13H26N4O. The van der Waals surface area contributed by atoms with Crippen LogP contribution in [0.1, 0.15) is 40.0 Å². The Balaban J connectivity index is 2.19. The maximum absolute atomic E-state index is 11.5. The van der Waals surface area contributed by atoms with E-state index in [0.717, 1.165) is 25.0 Å². The summed E-state index contributed by atoms with van der Waals surface area (Å²) in [5.41, 5.74) is 0. The Morgan fingerprint density at radius 3 is 2.61 bits per heavy atom.